The molecule has 2 aromatic carbocycles. The van der Waals surface area contributed by atoms with Crippen LogP contribution in [-0.4, -0.2) is 34.0 Å². The molecule has 4 rings (SSSR count). The fraction of sp³-hybridized carbons (Fsp3) is 0.417. The Bertz CT molecular complexity index is 989. The van der Waals surface area contributed by atoms with Crippen LogP contribution in [0.1, 0.15) is 59.3 Å². The van der Waals surface area contributed by atoms with Crippen molar-refractivity contribution in [3.8, 4) is 0 Å². The van der Waals surface area contributed by atoms with E-state index >= 15 is 0 Å². The molecule has 2 N–H and O–H groups in total. The zero-order valence-corrected chi connectivity index (χ0v) is 17.6. The molecule has 170 valence electrons. The van der Waals surface area contributed by atoms with Crippen LogP contribution in [0.5, 0.6) is 0 Å². The third-order valence-corrected chi connectivity index (χ3v) is 6.49. The van der Waals surface area contributed by atoms with Crippen molar-refractivity contribution in [1.29, 1.82) is 0 Å². The highest BCUT2D eigenvalue weighted by Crippen LogP contribution is 2.46. The van der Waals surface area contributed by atoms with Crippen molar-refractivity contribution < 1.29 is 27.9 Å². The average Bonchev–Trinajstić information content (AvgIpc) is 3.54. The van der Waals surface area contributed by atoms with Gasteiger partial charge in [-0.1, -0.05) is 24.3 Å². The molecule has 8 heteroatoms. The maximum atomic E-state index is 13.1. The van der Waals surface area contributed by atoms with Gasteiger partial charge in [0.15, 0.2) is 0 Å². The van der Waals surface area contributed by atoms with Crippen LogP contribution in [-0.2, 0) is 17.5 Å². The minimum absolute atomic E-state index is 0.114. The molecule has 1 heterocycles. The molecule has 0 spiro atoms. The Morgan fingerprint density at radius 3 is 2.34 bits per heavy atom. The van der Waals surface area contributed by atoms with E-state index < -0.39 is 17.7 Å². The molecular weight excluding hydrogens is 421 g/mol. The number of carbonyl (C=O) groups is 2. The molecule has 2 fully saturated rings. The van der Waals surface area contributed by atoms with Crippen LogP contribution in [0.3, 0.4) is 0 Å². The lowest BCUT2D eigenvalue weighted by molar-refractivity contribution is -0.137. The van der Waals surface area contributed by atoms with Crippen LogP contribution in [0.25, 0.3) is 0 Å². The van der Waals surface area contributed by atoms with Gasteiger partial charge in [0.05, 0.1) is 23.2 Å². The number of carbonyl (C=O) groups excluding carboxylic acids is 1. The average molecular weight is 446 g/mol. The van der Waals surface area contributed by atoms with Gasteiger partial charge >= 0.3 is 12.1 Å². The Balaban J connectivity index is 1.44. The first-order chi connectivity index (χ1) is 15.1. The highest BCUT2D eigenvalue weighted by Gasteiger charge is 2.49. The lowest BCUT2D eigenvalue weighted by atomic mass is 9.99. The Kier molecular flexibility index (Phi) is 5.99. The zero-order chi connectivity index (χ0) is 23.0. The van der Waals surface area contributed by atoms with Crippen LogP contribution in [0.15, 0.2) is 48.5 Å². The van der Waals surface area contributed by atoms with Crippen molar-refractivity contribution >= 4 is 11.9 Å². The van der Waals surface area contributed by atoms with Gasteiger partial charge in [-0.3, -0.25) is 9.69 Å². The van der Waals surface area contributed by atoms with E-state index in [1.54, 1.807) is 12.1 Å². The molecule has 1 amide bonds. The maximum absolute atomic E-state index is 13.1. The van der Waals surface area contributed by atoms with Gasteiger partial charge in [-0.15, -0.1) is 0 Å². The predicted octanol–water partition coefficient (Wildman–Crippen LogP) is 4.63. The van der Waals surface area contributed by atoms with E-state index in [2.05, 4.69) is 10.2 Å². The number of nitrogens with one attached hydrogen (secondary N) is 1. The number of piperidine rings is 1. The van der Waals surface area contributed by atoms with Gasteiger partial charge in [-0.05, 0) is 67.5 Å². The number of hydrogen-bond donors (Lipinski definition) is 2. The number of nitrogens with zero attached hydrogens (tertiary/aromatic N) is 1. The number of likely N-dealkylation sites (tertiary alicyclic amines) is 1. The van der Waals surface area contributed by atoms with Gasteiger partial charge in [0.1, 0.15) is 0 Å². The number of hydrogen-bond acceptors (Lipinski definition) is 3. The number of rotatable bonds is 6. The first-order valence-electron chi connectivity index (χ1n) is 10.7. The van der Waals surface area contributed by atoms with Gasteiger partial charge in [-0.25, -0.2) is 4.79 Å². The number of carboxylic acids is 1. The Morgan fingerprint density at radius 1 is 1.09 bits per heavy atom. The summed E-state index contributed by atoms with van der Waals surface area (Å²) < 4.78 is 38.5. The van der Waals surface area contributed by atoms with Crippen molar-refractivity contribution in [2.75, 3.05) is 0 Å². The minimum atomic E-state index is -4.37. The summed E-state index contributed by atoms with van der Waals surface area (Å²) in [7, 11) is 0. The number of aromatic carboxylic acids is 1. The largest absolute Gasteiger partial charge is 0.478 e. The van der Waals surface area contributed by atoms with Gasteiger partial charge in [0, 0.05) is 12.6 Å². The molecule has 32 heavy (non-hydrogen) atoms. The van der Waals surface area contributed by atoms with E-state index in [9.17, 15) is 22.8 Å². The molecule has 2 aliphatic rings. The molecule has 0 aromatic heterocycles. The van der Waals surface area contributed by atoms with Crippen molar-refractivity contribution in [2.45, 2.75) is 57.0 Å². The summed E-state index contributed by atoms with van der Waals surface area (Å²) in [4.78, 5) is 26.3. The molecule has 3 unspecified atom stereocenters. The number of fused-ring (bicyclic) bond motifs is 1. The van der Waals surface area contributed by atoms with E-state index in [4.69, 9.17) is 5.11 Å². The van der Waals surface area contributed by atoms with Crippen molar-refractivity contribution in [3.05, 3.63) is 70.8 Å². The summed E-state index contributed by atoms with van der Waals surface area (Å²) in [6, 6.07) is 11.2. The molecule has 1 saturated carbocycles. The highest BCUT2D eigenvalue weighted by molar-refractivity contribution is 5.87. The van der Waals surface area contributed by atoms with Gasteiger partial charge in [0.2, 0.25) is 5.91 Å². The summed E-state index contributed by atoms with van der Waals surface area (Å²) in [5.41, 5.74) is 1.06. The lowest BCUT2D eigenvalue weighted by Gasteiger charge is -2.35. The lowest BCUT2D eigenvalue weighted by Crippen LogP contribution is -2.50. The number of amides is 1. The fourth-order valence-corrected chi connectivity index (χ4v) is 4.54. The molecule has 5 nitrogen and oxygen atoms in total. The Hall–Kier alpha value is -2.87. The van der Waals surface area contributed by atoms with Crippen LogP contribution < -0.4 is 5.32 Å². The topological polar surface area (TPSA) is 69.6 Å². The van der Waals surface area contributed by atoms with Crippen LogP contribution in [0, 0.1) is 5.92 Å². The van der Waals surface area contributed by atoms with Gasteiger partial charge in [-0.2, -0.15) is 13.2 Å². The SMILES string of the molecule is C[C@H](NC(=O)C1CCC2CC2N1Cc1ccc(C(F)(F)F)cc1)c1ccc(C(=O)O)cc1. The van der Waals surface area contributed by atoms with Crippen LogP contribution >= 0.6 is 0 Å². The first kappa shape index (κ1) is 22.3. The number of alkyl halides is 3. The Labute approximate surface area is 184 Å². The molecule has 1 aliphatic heterocycles. The second-order valence-corrected chi connectivity index (χ2v) is 8.68. The molecule has 1 aliphatic carbocycles. The summed E-state index contributed by atoms with van der Waals surface area (Å²) in [5, 5.41) is 12.1. The van der Waals surface area contributed by atoms with Gasteiger partial charge in [0.25, 0.3) is 0 Å². The maximum Gasteiger partial charge on any atom is 0.416 e. The molecule has 2 aromatic rings. The quantitative estimate of drug-likeness (QED) is 0.679. The van der Waals surface area contributed by atoms with E-state index in [0.717, 1.165) is 36.1 Å². The zero-order valence-electron chi connectivity index (χ0n) is 17.6. The summed E-state index contributed by atoms with van der Waals surface area (Å²) in [6.45, 7) is 2.27. The normalized spacial score (nSPS) is 23.8. The molecular formula is C24H25F3N2O3. The molecule has 0 radical (unpaired) electrons. The van der Waals surface area contributed by atoms with Crippen molar-refractivity contribution in [2.24, 2.45) is 5.92 Å². The monoisotopic (exact) mass is 446 g/mol. The number of halogens is 3. The molecule has 0 bridgehead atoms. The van der Waals surface area contributed by atoms with Crippen LogP contribution in [0.4, 0.5) is 13.2 Å². The summed E-state index contributed by atoms with van der Waals surface area (Å²) in [5.74, 6) is -0.570. The number of carboxylic acid groups (broad SMARTS) is 1. The van der Waals surface area contributed by atoms with E-state index in [1.165, 1.54) is 24.3 Å². The summed E-state index contributed by atoms with van der Waals surface area (Å²) in [6.07, 6.45) is -1.69. The predicted molar refractivity (Wildman–Crippen MR) is 112 cm³/mol. The second-order valence-electron chi connectivity index (χ2n) is 8.68. The van der Waals surface area contributed by atoms with Crippen molar-refractivity contribution in [3.63, 3.8) is 0 Å². The smallest absolute Gasteiger partial charge is 0.416 e. The molecule has 4 atom stereocenters. The third-order valence-electron chi connectivity index (χ3n) is 6.49. The van der Waals surface area contributed by atoms with E-state index in [0.29, 0.717) is 18.9 Å². The first-order valence-corrected chi connectivity index (χ1v) is 10.7. The minimum Gasteiger partial charge on any atom is -0.478 e. The van der Waals surface area contributed by atoms with Gasteiger partial charge < -0.3 is 10.4 Å². The van der Waals surface area contributed by atoms with E-state index in [-0.39, 0.29) is 29.6 Å². The summed E-state index contributed by atoms with van der Waals surface area (Å²) >= 11 is 0. The Morgan fingerprint density at radius 2 is 1.75 bits per heavy atom. The third kappa shape index (κ3) is 4.80. The fourth-order valence-electron chi connectivity index (χ4n) is 4.54. The highest BCUT2D eigenvalue weighted by atomic mass is 19.4. The van der Waals surface area contributed by atoms with Crippen LogP contribution in [0.2, 0.25) is 0 Å². The van der Waals surface area contributed by atoms with Crippen molar-refractivity contribution in [1.82, 2.24) is 10.2 Å². The second kappa shape index (κ2) is 8.58. The number of benzene rings is 2. The standard InChI is InChI=1S/C24H25F3N2O3/c1-14(16-4-6-17(7-5-16)23(31)32)28-22(30)20-11-8-18-12-21(18)29(20)13-15-2-9-19(10-3-15)24(25,26)27/h2-7,9-10,14,18,20-21H,8,11-13H2,1H3,(H,28,30)(H,31,32)/t14-,18?,20?,21?/m0/s1. The van der Waals surface area contributed by atoms with E-state index in [1.807, 2.05) is 6.92 Å². The molecule has 1 saturated heterocycles.